The molecule has 90 valence electrons. The van der Waals surface area contributed by atoms with Gasteiger partial charge in [-0.3, -0.25) is 14.5 Å². The predicted octanol–water partition coefficient (Wildman–Crippen LogP) is 1.85. The zero-order chi connectivity index (χ0) is 12.3. The van der Waals surface area contributed by atoms with Crippen LogP contribution in [0.2, 0.25) is 0 Å². The molecule has 0 unspecified atom stereocenters. The summed E-state index contributed by atoms with van der Waals surface area (Å²) in [5.41, 5.74) is 0.531. The summed E-state index contributed by atoms with van der Waals surface area (Å²) in [6, 6.07) is 6.88. The Balaban J connectivity index is 2.11. The fraction of sp³-hybridized carbons (Fsp3) is 0.385. The van der Waals surface area contributed by atoms with Crippen molar-refractivity contribution in [1.29, 1.82) is 0 Å². The number of amides is 2. The third kappa shape index (κ3) is 2.46. The van der Waals surface area contributed by atoms with E-state index in [0.29, 0.717) is 25.1 Å². The molecule has 1 aliphatic heterocycles. The van der Waals surface area contributed by atoms with Gasteiger partial charge in [0.1, 0.15) is 5.75 Å². The fourth-order valence-corrected chi connectivity index (χ4v) is 1.88. The maximum Gasteiger partial charge on any atom is 0.260 e. The van der Waals surface area contributed by atoms with Gasteiger partial charge >= 0.3 is 0 Å². The number of ether oxygens (including phenoxy) is 1. The van der Waals surface area contributed by atoms with Crippen molar-refractivity contribution in [2.45, 2.75) is 19.8 Å². The summed E-state index contributed by atoms with van der Waals surface area (Å²) in [5.74, 6) is 0.441. The van der Waals surface area contributed by atoms with Gasteiger partial charge < -0.3 is 4.74 Å². The summed E-state index contributed by atoms with van der Waals surface area (Å²) >= 11 is 0. The highest BCUT2D eigenvalue weighted by Crippen LogP contribution is 2.17. The van der Waals surface area contributed by atoms with E-state index < -0.39 is 0 Å². The maximum atomic E-state index is 12.0. The minimum atomic E-state index is -0.212. The minimum absolute atomic E-state index is 0.0797. The van der Waals surface area contributed by atoms with E-state index >= 15 is 0 Å². The Bertz CT molecular complexity index is 425. The Morgan fingerprint density at radius 1 is 1.35 bits per heavy atom. The van der Waals surface area contributed by atoms with E-state index in [4.69, 9.17) is 4.74 Å². The second kappa shape index (κ2) is 4.99. The lowest BCUT2D eigenvalue weighted by molar-refractivity contribution is -0.125. The molecule has 0 aliphatic carbocycles. The van der Waals surface area contributed by atoms with Crippen LogP contribution >= 0.6 is 0 Å². The third-order valence-corrected chi connectivity index (χ3v) is 2.73. The van der Waals surface area contributed by atoms with Crippen molar-refractivity contribution in [3.63, 3.8) is 0 Å². The average Bonchev–Trinajstić information content (AvgIpc) is 2.76. The van der Waals surface area contributed by atoms with Gasteiger partial charge in [-0.25, -0.2) is 0 Å². The molecule has 17 heavy (non-hydrogen) atoms. The van der Waals surface area contributed by atoms with E-state index in [9.17, 15) is 9.59 Å². The summed E-state index contributed by atoms with van der Waals surface area (Å²) in [7, 11) is 0. The van der Waals surface area contributed by atoms with Crippen molar-refractivity contribution >= 4 is 11.8 Å². The van der Waals surface area contributed by atoms with Crippen molar-refractivity contribution in [1.82, 2.24) is 4.90 Å². The molecule has 0 spiro atoms. The molecule has 0 bridgehead atoms. The van der Waals surface area contributed by atoms with Crippen molar-refractivity contribution in [3.8, 4) is 5.75 Å². The lowest BCUT2D eigenvalue weighted by Gasteiger charge is -2.13. The second-order valence-electron chi connectivity index (χ2n) is 3.91. The first-order valence-electron chi connectivity index (χ1n) is 5.80. The van der Waals surface area contributed by atoms with Crippen LogP contribution in [0.15, 0.2) is 24.3 Å². The van der Waals surface area contributed by atoms with Crippen molar-refractivity contribution in [2.24, 2.45) is 0 Å². The molecule has 4 heteroatoms. The van der Waals surface area contributed by atoms with Gasteiger partial charge in [-0.05, 0) is 37.6 Å². The van der Waals surface area contributed by atoms with Gasteiger partial charge in [-0.1, -0.05) is 0 Å². The van der Waals surface area contributed by atoms with Crippen molar-refractivity contribution in [2.75, 3.05) is 13.2 Å². The first kappa shape index (κ1) is 11.6. The molecule has 1 aliphatic rings. The second-order valence-corrected chi connectivity index (χ2v) is 3.91. The smallest absolute Gasteiger partial charge is 0.260 e. The van der Waals surface area contributed by atoms with Gasteiger partial charge in [0.05, 0.1) is 6.61 Å². The van der Waals surface area contributed by atoms with Crippen LogP contribution in [0.3, 0.4) is 0 Å². The molecule has 0 aromatic heterocycles. The molecule has 1 aromatic rings. The van der Waals surface area contributed by atoms with Gasteiger partial charge in [-0.2, -0.15) is 0 Å². The molecular weight excluding hydrogens is 218 g/mol. The number of carbonyl (C=O) groups is 2. The SMILES string of the molecule is CCOc1ccc(C(=O)N2CCCC2=O)cc1. The minimum Gasteiger partial charge on any atom is -0.494 e. The Morgan fingerprint density at radius 3 is 2.59 bits per heavy atom. The molecule has 0 radical (unpaired) electrons. The standard InChI is InChI=1S/C13H15NO3/c1-2-17-11-7-5-10(6-8-11)13(16)14-9-3-4-12(14)15/h5-8H,2-4,9H2,1H3. The van der Waals surface area contributed by atoms with Crippen LogP contribution < -0.4 is 4.74 Å². The normalized spacial score (nSPS) is 15.1. The number of imide groups is 1. The number of hydrogen-bond acceptors (Lipinski definition) is 3. The summed E-state index contributed by atoms with van der Waals surface area (Å²) in [6.07, 6.45) is 1.24. The van der Waals surface area contributed by atoms with Crippen LogP contribution in [-0.4, -0.2) is 29.9 Å². The largest absolute Gasteiger partial charge is 0.494 e. The van der Waals surface area contributed by atoms with Crippen LogP contribution in [0.4, 0.5) is 0 Å². The molecule has 2 rings (SSSR count). The summed E-state index contributed by atoms with van der Waals surface area (Å²) in [5, 5.41) is 0. The van der Waals surface area contributed by atoms with E-state index in [2.05, 4.69) is 0 Å². The molecule has 1 fully saturated rings. The Labute approximate surface area is 100 Å². The van der Waals surface area contributed by atoms with Crippen LogP contribution in [0, 0.1) is 0 Å². The predicted molar refractivity (Wildman–Crippen MR) is 62.9 cm³/mol. The third-order valence-electron chi connectivity index (χ3n) is 2.73. The van der Waals surface area contributed by atoms with Crippen LogP contribution in [-0.2, 0) is 4.79 Å². The number of benzene rings is 1. The molecule has 1 heterocycles. The Hall–Kier alpha value is -1.84. The molecule has 2 amide bonds. The summed E-state index contributed by atoms with van der Waals surface area (Å²) in [4.78, 5) is 24.7. The van der Waals surface area contributed by atoms with Crippen molar-refractivity contribution < 1.29 is 14.3 Å². The fourth-order valence-electron chi connectivity index (χ4n) is 1.88. The van der Waals surface area contributed by atoms with Crippen LogP contribution in [0.1, 0.15) is 30.1 Å². The monoisotopic (exact) mass is 233 g/mol. The first-order valence-corrected chi connectivity index (χ1v) is 5.80. The van der Waals surface area contributed by atoms with Gasteiger partial charge in [-0.15, -0.1) is 0 Å². The number of hydrogen-bond donors (Lipinski definition) is 0. The molecule has 0 atom stereocenters. The molecule has 0 saturated carbocycles. The van der Waals surface area contributed by atoms with Crippen LogP contribution in [0.5, 0.6) is 5.75 Å². The maximum absolute atomic E-state index is 12.0. The van der Waals surface area contributed by atoms with E-state index in [1.54, 1.807) is 24.3 Å². The number of likely N-dealkylation sites (tertiary alicyclic amines) is 1. The van der Waals surface area contributed by atoms with Crippen LogP contribution in [0.25, 0.3) is 0 Å². The zero-order valence-corrected chi connectivity index (χ0v) is 9.81. The number of carbonyl (C=O) groups excluding carboxylic acids is 2. The number of rotatable bonds is 3. The Morgan fingerprint density at radius 2 is 2.06 bits per heavy atom. The highest BCUT2D eigenvalue weighted by atomic mass is 16.5. The average molecular weight is 233 g/mol. The van der Waals surface area contributed by atoms with Gasteiger partial charge in [0.25, 0.3) is 5.91 Å². The Kier molecular flexibility index (Phi) is 3.42. The lowest BCUT2D eigenvalue weighted by Crippen LogP contribution is -2.31. The highest BCUT2D eigenvalue weighted by molar-refractivity contribution is 6.05. The molecule has 1 saturated heterocycles. The topological polar surface area (TPSA) is 46.6 Å². The van der Waals surface area contributed by atoms with Gasteiger partial charge in [0.2, 0.25) is 5.91 Å². The summed E-state index contributed by atoms with van der Waals surface area (Å²) in [6.45, 7) is 3.03. The molecule has 4 nitrogen and oxygen atoms in total. The zero-order valence-electron chi connectivity index (χ0n) is 9.81. The summed E-state index contributed by atoms with van der Waals surface area (Å²) < 4.78 is 5.30. The highest BCUT2D eigenvalue weighted by Gasteiger charge is 2.27. The van der Waals surface area contributed by atoms with Gasteiger partial charge in [0.15, 0.2) is 0 Å². The van der Waals surface area contributed by atoms with E-state index in [0.717, 1.165) is 12.2 Å². The van der Waals surface area contributed by atoms with E-state index in [1.807, 2.05) is 6.92 Å². The lowest BCUT2D eigenvalue weighted by atomic mass is 10.2. The molecular formula is C13H15NO3. The number of nitrogens with zero attached hydrogens (tertiary/aromatic N) is 1. The molecule has 1 aromatic carbocycles. The first-order chi connectivity index (χ1) is 8.22. The van der Waals surface area contributed by atoms with E-state index in [1.165, 1.54) is 4.90 Å². The van der Waals surface area contributed by atoms with E-state index in [-0.39, 0.29) is 11.8 Å². The van der Waals surface area contributed by atoms with Crippen molar-refractivity contribution in [3.05, 3.63) is 29.8 Å². The quantitative estimate of drug-likeness (QED) is 0.748. The van der Waals surface area contributed by atoms with Gasteiger partial charge in [0, 0.05) is 18.5 Å². The molecule has 0 N–H and O–H groups in total.